The molecule has 1 fully saturated rings. The van der Waals surface area contributed by atoms with Crippen molar-refractivity contribution in [2.24, 2.45) is 0 Å². The van der Waals surface area contributed by atoms with Gasteiger partial charge in [-0.1, -0.05) is 71.1 Å². The summed E-state index contributed by atoms with van der Waals surface area (Å²) in [5, 5.41) is 99.5. The molecule has 11 atom stereocenters. The van der Waals surface area contributed by atoms with Gasteiger partial charge in [0, 0.05) is 6.42 Å². The summed E-state index contributed by atoms with van der Waals surface area (Å²) in [6.07, 6.45) is -4.86. The molecule has 0 amide bonds. The third kappa shape index (κ3) is 15.5. The van der Waals surface area contributed by atoms with Crippen LogP contribution < -0.4 is 0 Å². The maximum atomic E-state index is 12.0. The zero-order valence-electron chi connectivity index (χ0n) is 26.0. The predicted molar refractivity (Wildman–Crippen MR) is 157 cm³/mol. The minimum Gasteiger partial charge on any atom is -0.463 e. The van der Waals surface area contributed by atoms with Crippen molar-refractivity contribution in [2.45, 2.75) is 164 Å². The minimum atomic E-state index is -1.94. The SMILES string of the molecule is CCCCCCCCC(O)C(O)CCCCCCCC(=O)OCC(O)[C@@H](O)[C@H](O)[C@H](O)CO[C@H]1OC(CO)[C@@H](O)[C@H](O)C1O. The third-order valence-electron chi connectivity index (χ3n) is 8.01. The molecule has 44 heavy (non-hydrogen) atoms. The fourth-order valence-electron chi connectivity index (χ4n) is 4.97. The highest BCUT2D eigenvalue weighted by Gasteiger charge is 2.44. The summed E-state index contributed by atoms with van der Waals surface area (Å²) in [6.45, 7) is 0.139. The van der Waals surface area contributed by atoms with Crippen molar-refractivity contribution in [1.29, 1.82) is 0 Å². The molecule has 1 aliphatic heterocycles. The number of hydrogen-bond donors (Lipinski definition) is 10. The van der Waals surface area contributed by atoms with E-state index in [0.717, 1.165) is 44.9 Å². The smallest absolute Gasteiger partial charge is 0.305 e. The number of aliphatic hydroxyl groups is 10. The molecule has 262 valence electrons. The second-order valence-corrected chi connectivity index (χ2v) is 11.8. The molecule has 10 N–H and O–H groups in total. The molecule has 5 unspecified atom stereocenters. The summed E-state index contributed by atoms with van der Waals surface area (Å²) >= 11 is 0. The van der Waals surface area contributed by atoms with Gasteiger partial charge in [-0.15, -0.1) is 0 Å². The van der Waals surface area contributed by atoms with Gasteiger partial charge in [-0.05, 0) is 19.3 Å². The van der Waals surface area contributed by atoms with E-state index in [1.165, 1.54) is 19.3 Å². The number of aliphatic hydroxyl groups excluding tert-OH is 10. The van der Waals surface area contributed by atoms with Crippen LogP contribution in [0.3, 0.4) is 0 Å². The fraction of sp³-hybridized carbons (Fsp3) is 0.967. The summed E-state index contributed by atoms with van der Waals surface area (Å²) in [5.41, 5.74) is 0. The maximum absolute atomic E-state index is 12.0. The van der Waals surface area contributed by atoms with Crippen molar-refractivity contribution in [3.63, 3.8) is 0 Å². The molecule has 0 saturated carbocycles. The van der Waals surface area contributed by atoms with E-state index in [0.29, 0.717) is 19.3 Å². The summed E-state index contributed by atoms with van der Waals surface area (Å²) < 4.78 is 15.2. The van der Waals surface area contributed by atoms with Crippen LogP contribution in [0.2, 0.25) is 0 Å². The maximum Gasteiger partial charge on any atom is 0.305 e. The van der Waals surface area contributed by atoms with Gasteiger partial charge in [0.05, 0.1) is 25.4 Å². The molecule has 0 aromatic rings. The van der Waals surface area contributed by atoms with Crippen molar-refractivity contribution in [1.82, 2.24) is 0 Å². The fourth-order valence-corrected chi connectivity index (χ4v) is 4.97. The Bertz CT molecular complexity index is 728. The lowest BCUT2D eigenvalue weighted by atomic mass is 9.99. The topological polar surface area (TPSA) is 247 Å². The third-order valence-corrected chi connectivity index (χ3v) is 8.01. The quantitative estimate of drug-likeness (QED) is 0.0424. The monoisotopic (exact) mass is 642 g/mol. The first-order valence-electron chi connectivity index (χ1n) is 16.1. The number of unbranched alkanes of at least 4 members (excludes halogenated alkanes) is 9. The highest BCUT2D eigenvalue weighted by Crippen LogP contribution is 2.22. The van der Waals surface area contributed by atoms with Crippen molar-refractivity contribution < 1.29 is 70.1 Å². The van der Waals surface area contributed by atoms with Crippen LogP contribution in [0.15, 0.2) is 0 Å². The second kappa shape index (κ2) is 23.3. The molecule has 0 spiro atoms. The van der Waals surface area contributed by atoms with E-state index < -0.39 is 93.1 Å². The van der Waals surface area contributed by atoms with Gasteiger partial charge in [-0.3, -0.25) is 4.79 Å². The van der Waals surface area contributed by atoms with Crippen molar-refractivity contribution in [3.8, 4) is 0 Å². The van der Waals surface area contributed by atoms with Crippen LogP contribution in [0.5, 0.6) is 0 Å². The molecule has 0 aliphatic carbocycles. The Morgan fingerprint density at radius 1 is 0.659 bits per heavy atom. The van der Waals surface area contributed by atoms with Crippen molar-refractivity contribution >= 4 is 5.97 Å². The Hall–Kier alpha value is -1.01. The van der Waals surface area contributed by atoms with Crippen LogP contribution in [-0.4, -0.2) is 144 Å². The van der Waals surface area contributed by atoms with Gasteiger partial charge in [-0.25, -0.2) is 0 Å². The number of ether oxygens (including phenoxy) is 3. The first-order valence-corrected chi connectivity index (χ1v) is 16.1. The molecule has 0 radical (unpaired) electrons. The zero-order chi connectivity index (χ0) is 33.1. The highest BCUT2D eigenvalue weighted by atomic mass is 16.7. The van der Waals surface area contributed by atoms with Crippen molar-refractivity contribution in [2.75, 3.05) is 19.8 Å². The van der Waals surface area contributed by atoms with Gasteiger partial charge in [0.25, 0.3) is 0 Å². The van der Waals surface area contributed by atoms with E-state index >= 15 is 0 Å². The number of carbonyl (C=O) groups excluding carboxylic acids is 1. The Morgan fingerprint density at radius 2 is 1.16 bits per heavy atom. The second-order valence-electron chi connectivity index (χ2n) is 11.8. The lowest BCUT2D eigenvalue weighted by molar-refractivity contribution is -0.306. The summed E-state index contributed by atoms with van der Waals surface area (Å²) in [6, 6.07) is 0. The number of hydrogen-bond acceptors (Lipinski definition) is 14. The molecule has 1 aliphatic rings. The Morgan fingerprint density at radius 3 is 1.70 bits per heavy atom. The first-order chi connectivity index (χ1) is 20.9. The van der Waals surface area contributed by atoms with Crippen LogP contribution in [0.25, 0.3) is 0 Å². The largest absolute Gasteiger partial charge is 0.463 e. The molecule has 0 bridgehead atoms. The summed E-state index contributed by atoms with van der Waals surface area (Å²) in [7, 11) is 0. The highest BCUT2D eigenvalue weighted by molar-refractivity contribution is 5.69. The van der Waals surface area contributed by atoms with Gasteiger partial charge in [0.2, 0.25) is 0 Å². The van der Waals surface area contributed by atoms with Gasteiger partial charge in [0.15, 0.2) is 6.29 Å². The van der Waals surface area contributed by atoms with E-state index in [1.807, 2.05) is 0 Å². The molecule has 14 nitrogen and oxygen atoms in total. The molecular formula is C30H58O14. The van der Waals surface area contributed by atoms with Crippen LogP contribution >= 0.6 is 0 Å². The first kappa shape index (κ1) is 41.0. The molecule has 0 aromatic carbocycles. The molecular weight excluding hydrogens is 584 g/mol. The molecule has 1 saturated heterocycles. The summed E-state index contributed by atoms with van der Waals surface area (Å²) in [4.78, 5) is 12.0. The van der Waals surface area contributed by atoms with E-state index in [1.54, 1.807) is 0 Å². The standard InChI is InChI=1S/C30H58O14/c1-2-3-4-5-7-10-13-19(32)20(33)14-11-8-6-9-12-15-24(36)42-17-21(34)25(37)26(38)22(35)18-43-30-29(41)28(40)27(39)23(16-31)44-30/h19-23,25-35,37-41H,2-18H2,1H3/t19?,20?,21?,22-,23?,25-,26-,27-,28+,29?,30+/m1/s1. The summed E-state index contributed by atoms with van der Waals surface area (Å²) in [5.74, 6) is -0.606. The molecule has 1 rings (SSSR count). The zero-order valence-corrected chi connectivity index (χ0v) is 26.0. The van der Waals surface area contributed by atoms with Crippen LogP contribution in [-0.2, 0) is 19.0 Å². The van der Waals surface area contributed by atoms with Gasteiger partial charge < -0.3 is 65.3 Å². The van der Waals surface area contributed by atoms with Gasteiger partial charge in [-0.2, -0.15) is 0 Å². The van der Waals surface area contributed by atoms with Gasteiger partial charge >= 0.3 is 5.97 Å². The molecule has 14 heteroatoms. The Kier molecular flexibility index (Phi) is 21.7. The van der Waals surface area contributed by atoms with E-state index in [4.69, 9.17) is 14.2 Å². The minimum absolute atomic E-state index is 0.0839. The Balaban J connectivity index is 2.17. The van der Waals surface area contributed by atoms with Crippen molar-refractivity contribution in [3.05, 3.63) is 0 Å². The lowest BCUT2D eigenvalue weighted by Crippen LogP contribution is -2.59. The lowest BCUT2D eigenvalue weighted by Gasteiger charge is -2.40. The molecule has 1 heterocycles. The van der Waals surface area contributed by atoms with Gasteiger partial charge in [0.1, 0.15) is 55.4 Å². The van der Waals surface area contributed by atoms with E-state index in [9.17, 15) is 55.9 Å². The molecule has 0 aromatic heterocycles. The normalized spacial score (nSPS) is 26.5. The van der Waals surface area contributed by atoms with E-state index in [2.05, 4.69) is 6.92 Å². The predicted octanol–water partition coefficient (Wildman–Crippen LogP) is -1.01. The number of esters is 1. The average molecular weight is 643 g/mol. The number of rotatable bonds is 25. The number of carbonyl (C=O) groups is 1. The van der Waals surface area contributed by atoms with E-state index in [-0.39, 0.29) is 6.42 Å². The van der Waals surface area contributed by atoms with Crippen LogP contribution in [0, 0.1) is 0 Å². The Labute approximate surface area is 260 Å². The van der Waals surface area contributed by atoms with Crippen LogP contribution in [0.1, 0.15) is 96.8 Å². The average Bonchev–Trinajstić information content (AvgIpc) is 3.02. The van der Waals surface area contributed by atoms with Crippen LogP contribution in [0.4, 0.5) is 0 Å².